The zero-order valence-electron chi connectivity index (χ0n) is 19.9. The standard InChI is InChI=1S/C25H27BrN4O4S2/c1-3-13-30-20(14-34-17-11-9-16(26)10-12-17)28-29-25(30)35-15-21(31)27-23-22(24(32)33-4-2)18-7-5-6-8-19(18)36-23/h3,9-12H,1,4-8,13-15H2,2H3,(H,27,31). The first-order chi connectivity index (χ1) is 17.5. The van der Waals surface area contributed by atoms with Gasteiger partial charge in [0, 0.05) is 15.9 Å². The SMILES string of the molecule is C=CCn1c(COc2ccc(Br)cc2)nnc1SCC(=O)Nc1sc2c(c1C(=O)OCC)CCCC2. The number of nitrogens with one attached hydrogen (secondary N) is 1. The van der Waals surface area contributed by atoms with E-state index in [2.05, 4.69) is 38.0 Å². The predicted octanol–water partition coefficient (Wildman–Crippen LogP) is 5.65. The fourth-order valence-electron chi connectivity index (χ4n) is 3.89. The highest BCUT2D eigenvalue weighted by Crippen LogP contribution is 2.38. The molecule has 1 amide bonds. The lowest BCUT2D eigenvalue weighted by atomic mass is 9.95. The first-order valence-electron chi connectivity index (χ1n) is 11.7. The van der Waals surface area contributed by atoms with Gasteiger partial charge in [-0.3, -0.25) is 9.36 Å². The molecule has 0 saturated carbocycles. The molecule has 2 heterocycles. The van der Waals surface area contributed by atoms with Gasteiger partial charge in [0.15, 0.2) is 11.0 Å². The number of rotatable bonds is 11. The largest absolute Gasteiger partial charge is 0.486 e. The molecule has 0 spiro atoms. The van der Waals surface area contributed by atoms with Gasteiger partial charge in [-0.15, -0.1) is 28.1 Å². The Morgan fingerprint density at radius 1 is 1.25 bits per heavy atom. The van der Waals surface area contributed by atoms with E-state index in [0.717, 1.165) is 46.3 Å². The van der Waals surface area contributed by atoms with Crippen molar-refractivity contribution in [3.63, 3.8) is 0 Å². The minimum Gasteiger partial charge on any atom is -0.486 e. The maximum absolute atomic E-state index is 12.9. The number of allylic oxidation sites excluding steroid dienone is 1. The number of carbonyl (C=O) groups is 2. The van der Waals surface area contributed by atoms with Gasteiger partial charge in [0.05, 0.1) is 17.9 Å². The lowest BCUT2D eigenvalue weighted by Gasteiger charge is -2.12. The van der Waals surface area contributed by atoms with Crippen molar-refractivity contribution in [2.45, 2.75) is 50.9 Å². The van der Waals surface area contributed by atoms with Gasteiger partial charge in [-0.05, 0) is 62.4 Å². The van der Waals surface area contributed by atoms with Crippen molar-refractivity contribution < 1.29 is 19.1 Å². The Hall–Kier alpha value is -2.63. The average molecular weight is 592 g/mol. The third-order valence-corrected chi connectivity index (χ3v) is 8.23. The Kier molecular flexibility index (Phi) is 9.22. The van der Waals surface area contributed by atoms with E-state index in [-0.39, 0.29) is 24.2 Å². The quantitative estimate of drug-likeness (QED) is 0.175. The van der Waals surface area contributed by atoms with Crippen molar-refractivity contribution in [3.8, 4) is 5.75 Å². The van der Waals surface area contributed by atoms with Gasteiger partial charge in [-0.25, -0.2) is 4.79 Å². The second kappa shape index (κ2) is 12.6. The summed E-state index contributed by atoms with van der Waals surface area (Å²) in [5, 5.41) is 12.6. The Bertz CT molecular complexity index is 1240. The van der Waals surface area contributed by atoms with Crippen molar-refractivity contribution in [2.75, 3.05) is 17.7 Å². The number of anilines is 1. The normalized spacial score (nSPS) is 12.6. The van der Waals surface area contributed by atoms with E-state index >= 15 is 0 Å². The summed E-state index contributed by atoms with van der Waals surface area (Å²) in [4.78, 5) is 26.7. The summed E-state index contributed by atoms with van der Waals surface area (Å²) in [5.74, 6) is 0.881. The van der Waals surface area contributed by atoms with Crippen LogP contribution in [0.4, 0.5) is 5.00 Å². The number of esters is 1. The monoisotopic (exact) mass is 590 g/mol. The first kappa shape index (κ1) is 26.4. The molecule has 3 aromatic rings. The first-order valence-corrected chi connectivity index (χ1v) is 14.2. The molecule has 2 aromatic heterocycles. The smallest absolute Gasteiger partial charge is 0.341 e. The number of halogens is 1. The summed E-state index contributed by atoms with van der Waals surface area (Å²) in [6.45, 7) is 6.61. The number of fused-ring (bicyclic) bond motifs is 1. The Morgan fingerprint density at radius 3 is 2.78 bits per heavy atom. The number of thiophene rings is 1. The Labute approximate surface area is 226 Å². The van der Waals surface area contributed by atoms with E-state index in [9.17, 15) is 9.59 Å². The van der Waals surface area contributed by atoms with Crippen LogP contribution in [0.25, 0.3) is 0 Å². The molecule has 190 valence electrons. The zero-order chi connectivity index (χ0) is 25.5. The molecule has 0 radical (unpaired) electrons. The summed E-state index contributed by atoms with van der Waals surface area (Å²) in [7, 11) is 0. The van der Waals surface area contributed by atoms with E-state index in [1.807, 2.05) is 28.8 Å². The summed E-state index contributed by atoms with van der Waals surface area (Å²) in [5.41, 5.74) is 1.53. The number of ether oxygens (including phenoxy) is 2. The number of carbonyl (C=O) groups excluding carboxylic acids is 2. The molecule has 0 atom stereocenters. The lowest BCUT2D eigenvalue weighted by molar-refractivity contribution is -0.113. The summed E-state index contributed by atoms with van der Waals surface area (Å²) in [6.07, 6.45) is 5.63. The number of amides is 1. The molecule has 11 heteroatoms. The molecule has 36 heavy (non-hydrogen) atoms. The van der Waals surface area contributed by atoms with Crippen LogP contribution in [0.1, 0.15) is 46.4 Å². The third-order valence-electron chi connectivity index (χ3n) is 5.52. The van der Waals surface area contributed by atoms with Crippen LogP contribution >= 0.6 is 39.0 Å². The molecule has 0 saturated heterocycles. The maximum Gasteiger partial charge on any atom is 0.341 e. The van der Waals surface area contributed by atoms with E-state index in [1.54, 1.807) is 13.0 Å². The predicted molar refractivity (Wildman–Crippen MR) is 145 cm³/mol. The zero-order valence-corrected chi connectivity index (χ0v) is 23.1. The van der Waals surface area contributed by atoms with Gasteiger partial charge in [-0.2, -0.15) is 0 Å². The Balaban J connectivity index is 1.42. The molecule has 0 unspecified atom stereocenters. The summed E-state index contributed by atoms with van der Waals surface area (Å²) < 4.78 is 14.0. The second-order valence-electron chi connectivity index (χ2n) is 8.01. The van der Waals surface area contributed by atoms with Crippen molar-refractivity contribution in [1.82, 2.24) is 14.8 Å². The number of nitrogens with zero attached hydrogens (tertiary/aromatic N) is 3. The van der Waals surface area contributed by atoms with E-state index in [1.165, 1.54) is 23.1 Å². The van der Waals surface area contributed by atoms with Crippen LogP contribution in [0.15, 0.2) is 46.5 Å². The summed E-state index contributed by atoms with van der Waals surface area (Å²) in [6, 6.07) is 7.54. The van der Waals surface area contributed by atoms with Crippen LogP contribution in [0, 0.1) is 0 Å². The molecular formula is C25H27BrN4O4S2. The minimum atomic E-state index is -0.374. The highest BCUT2D eigenvalue weighted by molar-refractivity contribution is 9.10. The fraction of sp³-hybridized carbons (Fsp3) is 0.360. The molecule has 1 aliphatic rings. The fourth-order valence-corrected chi connectivity index (χ4v) is 6.21. The van der Waals surface area contributed by atoms with Crippen LogP contribution < -0.4 is 10.1 Å². The molecule has 1 N–H and O–H groups in total. The van der Waals surface area contributed by atoms with Crippen molar-refractivity contribution in [1.29, 1.82) is 0 Å². The van der Waals surface area contributed by atoms with Gasteiger partial charge in [0.25, 0.3) is 0 Å². The van der Waals surface area contributed by atoms with Crippen molar-refractivity contribution >= 4 is 55.9 Å². The third kappa shape index (κ3) is 6.37. The number of thioether (sulfide) groups is 1. The highest BCUT2D eigenvalue weighted by atomic mass is 79.9. The lowest BCUT2D eigenvalue weighted by Crippen LogP contribution is -2.17. The van der Waals surface area contributed by atoms with Gasteiger partial charge in [0.1, 0.15) is 17.4 Å². The van der Waals surface area contributed by atoms with Gasteiger partial charge in [-0.1, -0.05) is 33.8 Å². The van der Waals surface area contributed by atoms with Crippen LogP contribution in [-0.4, -0.2) is 39.0 Å². The molecule has 4 rings (SSSR count). The van der Waals surface area contributed by atoms with Crippen LogP contribution in [0.3, 0.4) is 0 Å². The number of hydrogen-bond acceptors (Lipinski definition) is 8. The molecule has 8 nitrogen and oxygen atoms in total. The molecule has 1 aromatic carbocycles. The number of benzene rings is 1. The van der Waals surface area contributed by atoms with E-state index in [4.69, 9.17) is 9.47 Å². The van der Waals surface area contributed by atoms with Gasteiger partial charge < -0.3 is 14.8 Å². The van der Waals surface area contributed by atoms with Crippen molar-refractivity contribution in [2.24, 2.45) is 0 Å². The number of hydrogen-bond donors (Lipinski definition) is 1. The molecular weight excluding hydrogens is 564 g/mol. The molecule has 0 aliphatic heterocycles. The molecule has 1 aliphatic carbocycles. The second-order valence-corrected chi connectivity index (χ2v) is 11.0. The van der Waals surface area contributed by atoms with E-state index < -0.39 is 0 Å². The molecule has 0 fully saturated rings. The van der Waals surface area contributed by atoms with Gasteiger partial charge in [0.2, 0.25) is 5.91 Å². The topological polar surface area (TPSA) is 95.3 Å². The van der Waals surface area contributed by atoms with Gasteiger partial charge >= 0.3 is 5.97 Å². The van der Waals surface area contributed by atoms with Crippen LogP contribution in [0.5, 0.6) is 5.75 Å². The minimum absolute atomic E-state index is 0.119. The number of aromatic nitrogens is 3. The summed E-state index contributed by atoms with van der Waals surface area (Å²) >= 11 is 6.16. The molecule has 0 bridgehead atoms. The maximum atomic E-state index is 12.9. The average Bonchev–Trinajstić information content (AvgIpc) is 3.43. The van der Waals surface area contributed by atoms with Crippen molar-refractivity contribution in [3.05, 3.63) is 63.2 Å². The Morgan fingerprint density at radius 2 is 2.03 bits per heavy atom. The van der Waals surface area contributed by atoms with Crippen LogP contribution in [0.2, 0.25) is 0 Å². The van der Waals surface area contributed by atoms with Crippen LogP contribution in [-0.2, 0) is 35.5 Å². The highest BCUT2D eigenvalue weighted by Gasteiger charge is 2.27. The number of aryl methyl sites for hydroxylation is 1. The van der Waals surface area contributed by atoms with E-state index in [0.29, 0.717) is 34.7 Å².